The van der Waals surface area contributed by atoms with Crippen LogP contribution in [0.4, 0.5) is 4.39 Å². The maximum Gasteiger partial charge on any atom is 0.226 e. The molecule has 2 heterocycles. The number of likely N-dealkylation sites (tertiary alicyclic amines) is 1. The van der Waals surface area contributed by atoms with Crippen LogP contribution in [0.3, 0.4) is 0 Å². The highest BCUT2D eigenvalue weighted by atomic mass is 32.2. The van der Waals surface area contributed by atoms with E-state index in [1.54, 1.807) is 23.9 Å². The lowest BCUT2D eigenvalue weighted by atomic mass is 10.1. The zero-order valence-corrected chi connectivity index (χ0v) is 20.7. The van der Waals surface area contributed by atoms with E-state index >= 15 is 0 Å². The molecule has 3 aromatic rings. The Hall–Kier alpha value is -2.44. The number of carbonyl (C=O) groups excluding carboxylic acids is 1. The summed E-state index contributed by atoms with van der Waals surface area (Å²) in [6.07, 6.45) is 6.07. The zero-order chi connectivity index (χ0) is 23.8. The fourth-order valence-corrected chi connectivity index (χ4v) is 5.22. The summed E-state index contributed by atoms with van der Waals surface area (Å²) in [5.74, 6) is 2.58. The molecule has 1 aliphatic rings. The van der Waals surface area contributed by atoms with Gasteiger partial charge in [0, 0.05) is 24.3 Å². The fourth-order valence-electron chi connectivity index (χ4n) is 4.29. The minimum atomic E-state index is -0.229. The van der Waals surface area contributed by atoms with Gasteiger partial charge in [0.1, 0.15) is 17.4 Å². The van der Waals surface area contributed by atoms with Crippen molar-refractivity contribution in [1.29, 1.82) is 0 Å². The van der Waals surface area contributed by atoms with E-state index in [9.17, 15) is 9.18 Å². The number of ketones is 1. The van der Waals surface area contributed by atoms with Crippen molar-refractivity contribution >= 4 is 17.5 Å². The van der Waals surface area contributed by atoms with Gasteiger partial charge in [0.25, 0.3) is 0 Å². The average molecular weight is 481 g/mol. The second-order valence-corrected chi connectivity index (χ2v) is 10.1. The number of hydrogen-bond acceptors (Lipinski definition) is 5. The summed E-state index contributed by atoms with van der Waals surface area (Å²) in [5.41, 5.74) is 4.27. The van der Waals surface area contributed by atoms with E-state index in [1.807, 2.05) is 6.92 Å². The van der Waals surface area contributed by atoms with Crippen LogP contribution < -0.4 is 0 Å². The Kier molecular flexibility index (Phi) is 8.94. The molecule has 180 valence electrons. The van der Waals surface area contributed by atoms with E-state index in [2.05, 4.69) is 29.2 Å². The maximum absolute atomic E-state index is 13.0. The minimum absolute atomic E-state index is 0.229. The molecule has 0 amide bonds. The van der Waals surface area contributed by atoms with E-state index in [-0.39, 0.29) is 11.6 Å². The van der Waals surface area contributed by atoms with Crippen molar-refractivity contribution < 1.29 is 13.6 Å². The van der Waals surface area contributed by atoms with Gasteiger partial charge in [0.05, 0.1) is 11.4 Å². The van der Waals surface area contributed by atoms with Crippen molar-refractivity contribution in [1.82, 2.24) is 9.88 Å². The topological polar surface area (TPSA) is 46.3 Å². The molecule has 1 aromatic heterocycles. The van der Waals surface area contributed by atoms with E-state index in [0.717, 1.165) is 42.0 Å². The van der Waals surface area contributed by atoms with Gasteiger partial charge < -0.3 is 4.42 Å². The van der Waals surface area contributed by atoms with Gasteiger partial charge >= 0.3 is 0 Å². The first-order valence-corrected chi connectivity index (χ1v) is 13.3. The summed E-state index contributed by atoms with van der Waals surface area (Å²) < 4.78 is 18.9. The number of aryl methyl sites for hydroxylation is 2. The van der Waals surface area contributed by atoms with Gasteiger partial charge in [0.15, 0.2) is 0 Å². The third-order valence-corrected chi connectivity index (χ3v) is 7.29. The Morgan fingerprint density at radius 1 is 1.03 bits per heavy atom. The Bertz CT molecular complexity index is 1060. The van der Waals surface area contributed by atoms with Crippen LogP contribution in [0.2, 0.25) is 0 Å². The second-order valence-electron chi connectivity index (χ2n) is 9.07. The molecule has 0 bridgehead atoms. The van der Waals surface area contributed by atoms with Crippen LogP contribution >= 0.6 is 11.8 Å². The SMILES string of the molecule is Cc1oc(-c2ccc(CN3CCCCC3)cc2)nc1CSCC(=O)CCCc1ccc(F)cc1. The van der Waals surface area contributed by atoms with Gasteiger partial charge in [0.2, 0.25) is 5.89 Å². The number of piperidine rings is 1. The molecule has 2 aromatic carbocycles. The van der Waals surface area contributed by atoms with Crippen molar-refractivity contribution in [2.75, 3.05) is 18.8 Å². The third kappa shape index (κ3) is 7.28. The molecule has 4 nitrogen and oxygen atoms in total. The van der Waals surface area contributed by atoms with Crippen molar-refractivity contribution in [3.63, 3.8) is 0 Å². The number of rotatable bonds is 11. The largest absolute Gasteiger partial charge is 0.441 e. The number of hydrogen-bond donors (Lipinski definition) is 0. The zero-order valence-electron chi connectivity index (χ0n) is 19.9. The lowest BCUT2D eigenvalue weighted by molar-refractivity contribution is -0.116. The maximum atomic E-state index is 13.0. The molecule has 0 saturated carbocycles. The lowest BCUT2D eigenvalue weighted by Crippen LogP contribution is -2.28. The molecule has 0 atom stereocenters. The molecule has 1 fully saturated rings. The summed E-state index contributed by atoms with van der Waals surface area (Å²) in [4.78, 5) is 19.4. The molecule has 34 heavy (non-hydrogen) atoms. The molecular formula is C28H33FN2O2S. The van der Waals surface area contributed by atoms with Crippen molar-refractivity contribution in [3.05, 3.63) is 76.9 Å². The van der Waals surface area contributed by atoms with Crippen LogP contribution in [0.15, 0.2) is 52.9 Å². The molecule has 0 N–H and O–H groups in total. The summed E-state index contributed by atoms with van der Waals surface area (Å²) in [5, 5.41) is 0. The third-order valence-electron chi connectivity index (χ3n) is 6.28. The second kappa shape index (κ2) is 12.3. The number of aromatic nitrogens is 1. The number of oxazole rings is 1. The average Bonchev–Trinajstić information content (AvgIpc) is 3.22. The molecule has 0 spiro atoms. The highest BCUT2D eigenvalue weighted by Gasteiger charge is 2.14. The molecule has 0 aliphatic carbocycles. The molecule has 6 heteroatoms. The van der Waals surface area contributed by atoms with E-state index in [1.165, 1.54) is 50.0 Å². The Labute approximate surface area is 206 Å². The van der Waals surface area contributed by atoms with E-state index < -0.39 is 0 Å². The summed E-state index contributed by atoms with van der Waals surface area (Å²) in [7, 11) is 0. The number of halogens is 1. The van der Waals surface area contributed by atoms with Crippen molar-refractivity contribution in [3.8, 4) is 11.5 Å². The van der Waals surface area contributed by atoms with Crippen LogP contribution in [-0.2, 0) is 23.5 Å². The lowest BCUT2D eigenvalue weighted by Gasteiger charge is -2.26. The van der Waals surface area contributed by atoms with Crippen molar-refractivity contribution in [2.45, 2.75) is 57.7 Å². The summed E-state index contributed by atoms with van der Waals surface area (Å²) in [6.45, 7) is 5.32. The van der Waals surface area contributed by atoms with Crippen molar-refractivity contribution in [2.24, 2.45) is 0 Å². The first-order chi connectivity index (χ1) is 16.6. The van der Waals surface area contributed by atoms with E-state index in [0.29, 0.717) is 23.8 Å². The number of benzene rings is 2. The highest BCUT2D eigenvalue weighted by molar-refractivity contribution is 7.99. The van der Waals surface area contributed by atoms with Crippen LogP contribution in [0.5, 0.6) is 0 Å². The molecule has 4 rings (SSSR count). The highest BCUT2D eigenvalue weighted by Crippen LogP contribution is 2.25. The van der Waals surface area contributed by atoms with Gasteiger partial charge in [-0.2, -0.15) is 0 Å². The first kappa shape index (κ1) is 24.7. The van der Waals surface area contributed by atoms with Crippen LogP contribution in [0.25, 0.3) is 11.5 Å². The van der Waals surface area contributed by atoms with Gasteiger partial charge in [-0.25, -0.2) is 9.37 Å². The molecule has 1 aliphatic heterocycles. The number of carbonyl (C=O) groups is 1. The summed E-state index contributed by atoms with van der Waals surface area (Å²) in [6, 6.07) is 15.0. The van der Waals surface area contributed by atoms with Gasteiger partial charge in [-0.3, -0.25) is 9.69 Å². The van der Waals surface area contributed by atoms with Gasteiger partial charge in [-0.05, 0) is 81.1 Å². The minimum Gasteiger partial charge on any atom is -0.441 e. The normalized spacial score (nSPS) is 14.4. The predicted octanol–water partition coefficient (Wildman–Crippen LogP) is 6.60. The van der Waals surface area contributed by atoms with Crippen LogP contribution in [0.1, 0.15) is 54.7 Å². The monoisotopic (exact) mass is 480 g/mol. The predicted molar refractivity (Wildman–Crippen MR) is 136 cm³/mol. The van der Waals surface area contributed by atoms with E-state index in [4.69, 9.17) is 9.40 Å². The molecule has 1 saturated heterocycles. The number of thioether (sulfide) groups is 1. The first-order valence-electron chi connectivity index (χ1n) is 12.2. The van der Waals surface area contributed by atoms with Gasteiger partial charge in [-0.15, -0.1) is 11.8 Å². The smallest absolute Gasteiger partial charge is 0.226 e. The standard InChI is InChI=1S/C28H33FN2O2S/c1-21-27(20-34-19-26(32)7-5-6-22-10-14-25(29)15-11-22)30-28(33-21)24-12-8-23(9-13-24)18-31-16-3-2-4-17-31/h8-15H,2-7,16-20H2,1H3. The van der Waals surface area contributed by atoms with Gasteiger partial charge in [-0.1, -0.05) is 30.7 Å². The quantitative estimate of drug-likeness (QED) is 0.309. The summed E-state index contributed by atoms with van der Waals surface area (Å²) >= 11 is 1.58. The Morgan fingerprint density at radius 3 is 2.47 bits per heavy atom. The molecule has 0 unspecified atom stereocenters. The number of nitrogens with zero attached hydrogens (tertiary/aromatic N) is 2. The van der Waals surface area contributed by atoms with Crippen LogP contribution in [-0.4, -0.2) is 34.5 Å². The fraction of sp³-hybridized carbons (Fsp3) is 0.429. The molecular weight excluding hydrogens is 447 g/mol. The Morgan fingerprint density at radius 2 is 1.74 bits per heavy atom. The Balaban J connectivity index is 1.21. The molecule has 0 radical (unpaired) electrons. The number of Topliss-reactive ketones (excluding diaryl/α,β-unsaturated/α-hetero) is 1. The van der Waals surface area contributed by atoms with Crippen LogP contribution in [0, 0.1) is 12.7 Å².